The molecule has 6 rings (SSSR count). The zero-order valence-electron chi connectivity index (χ0n) is 17.1. The van der Waals surface area contributed by atoms with Gasteiger partial charge in [0.15, 0.2) is 0 Å². The van der Waals surface area contributed by atoms with Crippen molar-refractivity contribution in [1.29, 1.82) is 0 Å². The average Bonchev–Trinajstić information content (AvgIpc) is 3.17. The number of rotatable bonds is 2. The highest BCUT2D eigenvalue weighted by Gasteiger charge is 2.12. The first-order chi connectivity index (χ1) is 14.7. The molecule has 0 atom stereocenters. The van der Waals surface area contributed by atoms with E-state index in [0.717, 1.165) is 16.7 Å². The predicted octanol–water partition coefficient (Wildman–Crippen LogP) is 8.68. The third kappa shape index (κ3) is 2.55. The highest BCUT2D eigenvalue weighted by atomic mass is 16.3. The minimum Gasteiger partial charge on any atom is -0.455 e. The molecule has 1 heteroatoms. The minimum atomic E-state index is 0.539. The fraction of sp³-hybridized carbons (Fsp3) is 0.103. The molecule has 1 nitrogen and oxygen atoms in total. The maximum absolute atomic E-state index is 6.26. The van der Waals surface area contributed by atoms with Gasteiger partial charge in [0, 0.05) is 16.3 Å². The van der Waals surface area contributed by atoms with Crippen LogP contribution in [0.15, 0.2) is 95.4 Å². The number of hydrogen-bond donors (Lipinski definition) is 0. The fourth-order valence-electron chi connectivity index (χ4n) is 4.59. The van der Waals surface area contributed by atoms with Crippen molar-refractivity contribution >= 4 is 43.5 Å². The lowest BCUT2D eigenvalue weighted by molar-refractivity contribution is 0.670. The van der Waals surface area contributed by atoms with Crippen LogP contribution in [0.3, 0.4) is 0 Å². The summed E-state index contributed by atoms with van der Waals surface area (Å²) in [7, 11) is 0. The van der Waals surface area contributed by atoms with Crippen LogP contribution in [0.1, 0.15) is 25.3 Å². The number of hydrogen-bond acceptors (Lipinski definition) is 1. The van der Waals surface area contributed by atoms with Crippen LogP contribution in [-0.4, -0.2) is 0 Å². The topological polar surface area (TPSA) is 13.1 Å². The lowest BCUT2D eigenvalue weighted by atomic mass is 9.94. The van der Waals surface area contributed by atoms with Crippen molar-refractivity contribution < 1.29 is 4.42 Å². The average molecular weight is 386 g/mol. The van der Waals surface area contributed by atoms with Crippen LogP contribution in [0.25, 0.3) is 54.6 Å². The van der Waals surface area contributed by atoms with Crippen molar-refractivity contribution in [2.24, 2.45) is 0 Å². The Kier molecular flexibility index (Phi) is 3.73. The molecule has 0 aliphatic heterocycles. The van der Waals surface area contributed by atoms with Crippen molar-refractivity contribution in [2.75, 3.05) is 0 Å². The molecule has 0 fully saturated rings. The van der Waals surface area contributed by atoms with Gasteiger partial charge in [0.25, 0.3) is 0 Å². The van der Waals surface area contributed by atoms with Crippen molar-refractivity contribution in [3.8, 4) is 11.1 Å². The first-order valence-corrected chi connectivity index (χ1v) is 10.6. The Labute approximate surface area is 175 Å². The largest absolute Gasteiger partial charge is 0.455 e. The highest BCUT2D eigenvalue weighted by Crippen LogP contribution is 2.37. The van der Waals surface area contributed by atoms with Crippen molar-refractivity contribution in [2.45, 2.75) is 19.8 Å². The molecule has 30 heavy (non-hydrogen) atoms. The van der Waals surface area contributed by atoms with E-state index in [4.69, 9.17) is 4.42 Å². The summed E-state index contributed by atoms with van der Waals surface area (Å²) in [5.41, 5.74) is 5.61. The van der Waals surface area contributed by atoms with Crippen LogP contribution in [0.4, 0.5) is 0 Å². The van der Waals surface area contributed by atoms with Crippen LogP contribution in [0.2, 0.25) is 0 Å². The molecule has 6 aromatic rings. The smallest absolute Gasteiger partial charge is 0.143 e. The molecule has 0 spiro atoms. The van der Waals surface area contributed by atoms with Crippen molar-refractivity contribution in [3.63, 3.8) is 0 Å². The van der Waals surface area contributed by atoms with E-state index in [1.165, 1.54) is 43.4 Å². The molecule has 0 aliphatic carbocycles. The van der Waals surface area contributed by atoms with Gasteiger partial charge in [-0.05, 0) is 50.7 Å². The highest BCUT2D eigenvalue weighted by molar-refractivity contribution is 6.12. The van der Waals surface area contributed by atoms with Crippen LogP contribution in [-0.2, 0) is 0 Å². The van der Waals surface area contributed by atoms with E-state index in [1.807, 2.05) is 12.1 Å². The zero-order chi connectivity index (χ0) is 20.2. The van der Waals surface area contributed by atoms with Gasteiger partial charge in [-0.2, -0.15) is 0 Å². The van der Waals surface area contributed by atoms with Gasteiger partial charge in [-0.25, -0.2) is 0 Å². The molecule has 1 aromatic heterocycles. The summed E-state index contributed by atoms with van der Waals surface area (Å²) in [5, 5.41) is 7.50. The Morgan fingerprint density at radius 1 is 0.600 bits per heavy atom. The second-order valence-electron chi connectivity index (χ2n) is 8.42. The Hall–Kier alpha value is -3.58. The van der Waals surface area contributed by atoms with Crippen LogP contribution < -0.4 is 0 Å². The molecule has 0 amide bonds. The van der Waals surface area contributed by atoms with E-state index in [2.05, 4.69) is 92.7 Å². The van der Waals surface area contributed by atoms with E-state index in [1.54, 1.807) is 0 Å². The van der Waals surface area contributed by atoms with Gasteiger partial charge in [-0.15, -0.1) is 0 Å². The number of para-hydroxylation sites is 2. The molecule has 0 saturated carbocycles. The number of benzene rings is 5. The summed E-state index contributed by atoms with van der Waals surface area (Å²) >= 11 is 0. The first-order valence-electron chi connectivity index (χ1n) is 10.6. The Bertz CT molecular complexity index is 1570. The molecule has 1 heterocycles. The normalized spacial score (nSPS) is 12.0. The quantitative estimate of drug-likeness (QED) is 0.271. The van der Waals surface area contributed by atoms with Gasteiger partial charge >= 0.3 is 0 Å². The number of furan rings is 1. The summed E-state index contributed by atoms with van der Waals surface area (Å²) in [4.78, 5) is 0. The van der Waals surface area contributed by atoms with E-state index in [9.17, 15) is 0 Å². The monoisotopic (exact) mass is 386 g/mol. The Morgan fingerprint density at radius 3 is 2.17 bits per heavy atom. The van der Waals surface area contributed by atoms with Crippen LogP contribution >= 0.6 is 0 Å². The lowest BCUT2D eigenvalue weighted by Gasteiger charge is -2.10. The van der Waals surface area contributed by atoms with Gasteiger partial charge in [0.1, 0.15) is 11.2 Å². The standard InChI is InChI=1S/C29H22O/c1-18(2)19-12-14-23-20(16-19)10-11-21-17-22(13-15-24(21)23)25-7-5-8-27-26-6-3-4-9-28(26)30-29(25)27/h3-18H,1-2H3. The molecule has 0 bridgehead atoms. The maximum atomic E-state index is 6.26. The third-order valence-electron chi connectivity index (χ3n) is 6.24. The van der Waals surface area contributed by atoms with Gasteiger partial charge in [-0.1, -0.05) is 92.7 Å². The summed E-state index contributed by atoms with van der Waals surface area (Å²) in [6.45, 7) is 4.49. The molecule has 0 radical (unpaired) electrons. The summed E-state index contributed by atoms with van der Waals surface area (Å²) in [6.07, 6.45) is 0. The Balaban J connectivity index is 1.57. The molecule has 0 saturated heterocycles. The van der Waals surface area contributed by atoms with Gasteiger partial charge in [0.2, 0.25) is 0 Å². The second kappa shape index (κ2) is 6.47. The number of fused-ring (bicyclic) bond motifs is 6. The second-order valence-corrected chi connectivity index (χ2v) is 8.42. The van der Waals surface area contributed by atoms with E-state index in [-0.39, 0.29) is 0 Å². The predicted molar refractivity (Wildman–Crippen MR) is 128 cm³/mol. The van der Waals surface area contributed by atoms with Gasteiger partial charge in [-0.3, -0.25) is 0 Å². The zero-order valence-corrected chi connectivity index (χ0v) is 17.1. The minimum absolute atomic E-state index is 0.539. The first kappa shape index (κ1) is 17.3. The molecule has 144 valence electrons. The van der Waals surface area contributed by atoms with E-state index < -0.39 is 0 Å². The molecular weight excluding hydrogens is 364 g/mol. The van der Waals surface area contributed by atoms with Crippen molar-refractivity contribution in [3.05, 3.63) is 96.6 Å². The van der Waals surface area contributed by atoms with Crippen LogP contribution in [0, 0.1) is 0 Å². The van der Waals surface area contributed by atoms with E-state index in [0.29, 0.717) is 5.92 Å². The van der Waals surface area contributed by atoms with E-state index >= 15 is 0 Å². The van der Waals surface area contributed by atoms with Crippen LogP contribution in [0.5, 0.6) is 0 Å². The summed E-state index contributed by atoms with van der Waals surface area (Å²) < 4.78 is 6.26. The fourth-order valence-corrected chi connectivity index (χ4v) is 4.59. The molecule has 0 aliphatic rings. The van der Waals surface area contributed by atoms with Gasteiger partial charge in [0.05, 0.1) is 0 Å². The molecule has 0 N–H and O–H groups in total. The van der Waals surface area contributed by atoms with Gasteiger partial charge < -0.3 is 4.42 Å². The molecule has 0 unspecified atom stereocenters. The summed E-state index contributed by atoms with van der Waals surface area (Å²) in [5.74, 6) is 0.539. The molecule has 5 aromatic carbocycles. The lowest BCUT2D eigenvalue weighted by Crippen LogP contribution is -1.87. The van der Waals surface area contributed by atoms with Crippen molar-refractivity contribution in [1.82, 2.24) is 0 Å². The molecular formula is C29H22O. The maximum Gasteiger partial charge on any atom is 0.143 e. The summed E-state index contributed by atoms with van der Waals surface area (Å²) in [6, 6.07) is 32.8. The third-order valence-corrected chi connectivity index (χ3v) is 6.24. The SMILES string of the molecule is CC(C)c1ccc2c(ccc3cc(-c4cccc5c4oc4ccccc45)ccc32)c1. The Morgan fingerprint density at radius 2 is 1.33 bits per heavy atom.